The molecule has 90 valence electrons. The van der Waals surface area contributed by atoms with E-state index < -0.39 is 0 Å². The van der Waals surface area contributed by atoms with Crippen LogP contribution in [0.3, 0.4) is 0 Å². The fraction of sp³-hybridized carbons (Fsp3) is 0.538. The molecule has 0 heterocycles. The molecule has 2 unspecified atom stereocenters. The first kappa shape index (κ1) is 13.3. The Bertz CT molecular complexity index is 341. The number of rotatable bonds is 5. The van der Waals surface area contributed by atoms with Crippen LogP contribution in [0.5, 0.6) is 0 Å². The number of aliphatic hydroxyl groups excluding tert-OH is 1. The smallest absolute Gasteiger partial charge is 0.0635 e. The van der Waals surface area contributed by atoms with Crippen LogP contribution < -0.4 is 5.73 Å². The molecule has 0 amide bonds. The van der Waals surface area contributed by atoms with Crippen LogP contribution in [0.2, 0.25) is 5.02 Å². The molecule has 0 fully saturated rings. The standard InChI is InChI=1S/C13H20ClNO/c1-3-10(13(16)4-2)7-9-5-6-11(14)12(15)8-9/h5-6,8,10,13,16H,3-4,7,15H2,1-2H3. The summed E-state index contributed by atoms with van der Waals surface area (Å²) in [6.07, 6.45) is 2.38. The Morgan fingerprint density at radius 1 is 1.31 bits per heavy atom. The highest BCUT2D eigenvalue weighted by Gasteiger charge is 2.16. The van der Waals surface area contributed by atoms with Gasteiger partial charge in [-0.2, -0.15) is 0 Å². The van der Waals surface area contributed by atoms with Gasteiger partial charge in [0.05, 0.1) is 16.8 Å². The number of halogens is 1. The summed E-state index contributed by atoms with van der Waals surface area (Å²) in [7, 11) is 0. The lowest BCUT2D eigenvalue weighted by atomic mass is 9.90. The van der Waals surface area contributed by atoms with E-state index in [4.69, 9.17) is 17.3 Å². The molecule has 1 aromatic carbocycles. The Balaban J connectivity index is 2.74. The van der Waals surface area contributed by atoms with E-state index in [1.165, 1.54) is 0 Å². The molecule has 0 radical (unpaired) electrons. The van der Waals surface area contributed by atoms with Crippen LogP contribution in [0.1, 0.15) is 32.3 Å². The van der Waals surface area contributed by atoms with Crippen molar-refractivity contribution in [3.05, 3.63) is 28.8 Å². The van der Waals surface area contributed by atoms with Gasteiger partial charge in [0.2, 0.25) is 0 Å². The molecule has 0 spiro atoms. The molecule has 3 N–H and O–H groups in total. The first-order chi connectivity index (χ1) is 7.58. The summed E-state index contributed by atoms with van der Waals surface area (Å²) < 4.78 is 0. The van der Waals surface area contributed by atoms with Crippen molar-refractivity contribution in [2.45, 2.75) is 39.2 Å². The molecule has 0 bridgehead atoms. The third-order valence-electron chi connectivity index (χ3n) is 3.05. The van der Waals surface area contributed by atoms with Gasteiger partial charge in [0.15, 0.2) is 0 Å². The summed E-state index contributed by atoms with van der Waals surface area (Å²) >= 11 is 5.87. The van der Waals surface area contributed by atoms with Gasteiger partial charge in [-0.15, -0.1) is 0 Å². The third kappa shape index (κ3) is 3.39. The first-order valence-electron chi connectivity index (χ1n) is 5.80. The van der Waals surface area contributed by atoms with Gasteiger partial charge in [-0.25, -0.2) is 0 Å². The van der Waals surface area contributed by atoms with Crippen molar-refractivity contribution in [2.24, 2.45) is 5.92 Å². The Hall–Kier alpha value is -0.730. The molecule has 0 saturated heterocycles. The highest BCUT2D eigenvalue weighted by atomic mass is 35.5. The number of aliphatic hydroxyl groups is 1. The molecule has 0 saturated carbocycles. The predicted molar refractivity (Wildman–Crippen MR) is 69.6 cm³/mol. The van der Waals surface area contributed by atoms with Crippen LogP contribution in [0.4, 0.5) is 5.69 Å². The van der Waals surface area contributed by atoms with Gasteiger partial charge in [-0.3, -0.25) is 0 Å². The normalized spacial score (nSPS) is 14.8. The largest absolute Gasteiger partial charge is 0.398 e. The van der Waals surface area contributed by atoms with Gasteiger partial charge < -0.3 is 10.8 Å². The second-order valence-electron chi connectivity index (χ2n) is 4.20. The molecule has 2 nitrogen and oxygen atoms in total. The maximum Gasteiger partial charge on any atom is 0.0635 e. The third-order valence-corrected chi connectivity index (χ3v) is 3.39. The van der Waals surface area contributed by atoms with Crippen molar-refractivity contribution >= 4 is 17.3 Å². The minimum absolute atomic E-state index is 0.234. The second kappa shape index (κ2) is 6.12. The number of nitrogens with two attached hydrogens (primary N) is 1. The second-order valence-corrected chi connectivity index (χ2v) is 4.61. The van der Waals surface area contributed by atoms with Gasteiger partial charge >= 0.3 is 0 Å². The van der Waals surface area contributed by atoms with Gasteiger partial charge in [-0.1, -0.05) is 37.9 Å². The Kier molecular flexibility index (Phi) is 5.10. The summed E-state index contributed by atoms with van der Waals surface area (Å²) in [5, 5.41) is 10.4. The summed E-state index contributed by atoms with van der Waals surface area (Å²) in [4.78, 5) is 0. The predicted octanol–water partition coefficient (Wildman–Crippen LogP) is 3.26. The zero-order chi connectivity index (χ0) is 12.1. The molecule has 16 heavy (non-hydrogen) atoms. The van der Waals surface area contributed by atoms with Gasteiger partial charge in [0.25, 0.3) is 0 Å². The lowest BCUT2D eigenvalue weighted by Crippen LogP contribution is -2.21. The highest BCUT2D eigenvalue weighted by molar-refractivity contribution is 6.33. The van der Waals surface area contributed by atoms with Crippen molar-refractivity contribution < 1.29 is 5.11 Å². The van der Waals surface area contributed by atoms with E-state index in [0.29, 0.717) is 16.6 Å². The van der Waals surface area contributed by atoms with Crippen molar-refractivity contribution in [3.8, 4) is 0 Å². The molecule has 0 aromatic heterocycles. The maximum atomic E-state index is 9.85. The maximum absolute atomic E-state index is 9.85. The fourth-order valence-corrected chi connectivity index (χ4v) is 2.03. The molecule has 1 rings (SSSR count). The van der Waals surface area contributed by atoms with Gasteiger partial charge in [-0.05, 0) is 36.5 Å². The molecular formula is C13H20ClNO. The zero-order valence-electron chi connectivity index (χ0n) is 9.91. The van der Waals surface area contributed by atoms with Crippen molar-refractivity contribution in [2.75, 3.05) is 5.73 Å². The Morgan fingerprint density at radius 2 is 2.00 bits per heavy atom. The van der Waals surface area contributed by atoms with Gasteiger partial charge in [0, 0.05) is 0 Å². The minimum Gasteiger partial charge on any atom is -0.398 e. The SMILES string of the molecule is CCC(O)C(CC)Cc1ccc(Cl)c(N)c1. The number of benzene rings is 1. The summed E-state index contributed by atoms with van der Waals surface area (Å²) in [6, 6.07) is 5.69. The quantitative estimate of drug-likeness (QED) is 0.778. The van der Waals surface area contributed by atoms with Crippen molar-refractivity contribution in [1.29, 1.82) is 0 Å². The van der Waals surface area contributed by atoms with Crippen molar-refractivity contribution in [3.63, 3.8) is 0 Å². The lowest BCUT2D eigenvalue weighted by molar-refractivity contribution is 0.101. The van der Waals surface area contributed by atoms with E-state index in [9.17, 15) is 5.11 Å². The summed E-state index contributed by atoms with van der Waals surface area (Å²) in [6.45, 7) is 4.10. The molecule has 2 atom stereocenters. The average Bonchev–Trinajstić information content (AvgIpc) is 2.29. The van der Waals surface area contributed by atoms with Crippen LogP contribution in [0, 0.1) is 5.92 Å². The molecule has 0 aliphatic carbocycles. The number of nitrogen functional groups attached to an aromatic ring is 1. The van der Waals surface area contributed by atoms with Crippen molar-refractivity contribution in [1.82, 2.24) is 0 Å². The van der Waals surface area contributed by atoms with Crippen LogP contribution in [-0.2, 0) is 6.42 Å². The molecule has 3 heteroatoms. The molecule has 1 aromatic rings. The van der Waals surface area contributed by atoms with E-state index in [-0.39, 0.29) is 6.10 Å². The summed E-state index contributed by atoms with van der Waals surface area (Å²) in [5.74, 6) is 0.297. The van der Waals surface area contributed by atoms with Crippen LogP contribution in [-0.4, -0.2) is 11.2 Å². The van der Waals surface area contributed by atoms with Crippen LogP contribution in [0.15, 0.2) is 18.2 Å². The molecular weight excluding hydrogens is 222 g/mol. The number of hydrogen-bond donors (Lipinski definition) is 2. The Labute approximate surface area is 102 Å². The number of anilines is 1. The van der Waals surface area contributed by atoms with E-state index in [2.05, 4.69) is 6.92 Å². The van der Waals surface area contributed by atoms with E-state index >= 15 is 0 Å². The lowest BCUT2D eigenvalue weighted by Gasteiger charge is -2.20. The van der Waals surface area contributed by atoms with Gasteiger partial charge in [0.1, 0.15) is 0 Å². The minimum atomic E-state index is -0.234. The zero-order valence-corrected chi connectivity index (χ0v) is 10.7. The molecule has 0 aliphatic heterocycles. The van der Waals surface area contributed by atoms with Crippen LogP contribution >= 0.6 is 11.6 Å². The highest BCUT2D eigenvalue weighted by Crippen LogP contribution is 2.23. The number of hydrogen-bond acceptors (Lipinski definition) is 2. The van der Waals surface area contributed by atoms with E-state index in [0.717, 1.165) is 24.8 Å². The van der Waals surface area contributed by atoms with E-state index in [1.807, 2.05) is 25.1 Å². The fourth-order valence-electron chi connectivity index (χ4n) is 1.91. The first-order valence-corrected chi connectivity index (χ1v) is 6.18. The monoisotopic (exact) mass is 241 g/mol. The Morgan fingerprint density at radius 3 is 2.50 bits per heavy atom. The van der Waals surface area contributed by atoms with Crippen LogP contribution in [0.25, 0.3) is 0 Å². The molecule has 0 aliphatic rings. The van der Waals surface area contributed by atoms with E-state index in [1.54, 1.807) is 0 Å². The average molecular weight is 242 g/mol. The topological polar surface area (TPSA) is 46.2 Å². The summed E-state index contributed by atoms with van der Waals surface area (Å²) in [5.41, 5.74) is 7.50.